The van der Waals surface area contributed by atoms with Crippen LogP contribution in [0.1, 0.15) is 10.4 Å². The average Bonchev–Trinajstić information content (AvgIpc) is 2.19. The third-order valence-electron chi connectivity index (χ3n) is 1.54. The Kier molecular flexibility index (Phi) is 3.35. The fourth-order valence-electron chi connectivity index (χ4n) is 0.775. The number of carbonyl (C=O) groups is 1. The number of pyridine rings is 1. The monoisotopic (exact) mass is 210 g/mol. The number of thiocarbonyl (C=S) groups is 1. The van der Waals surface area contributed by atoms with E-state index in [1.54, 1.807) is 19.2 Å². The molecule has 1 heterocycles. The van der Waals surface area contributed by atoms with E-state index in [0.717, 1.165) is 0 Å². The fourth-order valence-corrected chi connectivity index (χ4v) is 0.821. The van der Waals surface area contributed by atoms with Crippen molar-refractivity contribution in [3.05, 3.63) is 30.1 Å². The van der Waals surface area contributed by atoms with Crippen molar-refractivity contribution in [3.8, 4) is 0 Å². The van der Waals surface area contributed by atoms with Crippen molar-refractivity contribution in [2.75, 3.05) is 7.05 Å². The van der Waals surface area contributed by atoms with Gasteiger partial charge in [0.15, 0.2) is 5.11 Å². The molecule has 5 nitrogen and oxygen atoms in total. The predicted octanol–water partition coefficient (Wildman–Crippen LogP) is -0.0982. The average molecular weight is 210 g/mol. The van der Waals surface area contributed by atoms with Crippen molar-refractivity contribution in [1.82, 2.24) is 15.4 Å². The van der Waals surface area contributed by atoms with Gasteiger partial charge < -0.3 is 5.73 Å². The number of hydrogen-bond acceptors (Lipinski definition) is 3. The summed E-state index contributed by atoms with van der Waals surface area (Å²) in [5.41, 5.74) is 8.29. The van der Waals surface area contributed by atoms with Gasteiger partial charge >= 0.3 is 0 Å². The molecule has 6 heteroatoms. The van der Waals surface area contributed by atoms with Crippen molar-refractivity contribution in [2.45, 2.75) is 0 Å². The van der Waals surface area contributed by atoms with Gasteiger partial charge in [-0.15, -0.1) is 0 Å². The number of aromatic nitrogens is 1. The maximum Gasteiger partial charge on any atom is 0.269 e. The van der Waals surface area contributed by atoms with Crippen molar-refractivity contribution in [1.29, 1.82) is 0 Å². The number of nitrogens with zero attached hydrogens (tertiary/aromatic N) is 2. The van der Waals surface area contributed by atoms with Crippen molar-refractivity contribution >= 4 is 23.2 Å². The molecule has 1 amide bonds. The van der Waals surface area contributed by atoms with Gasteiger partial charge in [0.1, 0.15) is 0 Å². The first-order valence-electron chi connectivity index (χ1n) is 3.85. The highest BCUT2D eigenvalue weighted by atomic mass is 32.1. The Bertz CT molecular complexity index is 340. The summed E-state index contributed by atoms with van der Waals surface area (Å²) in [5.74, 6) is -0.275. The molecule has 3 N–H and O–H groups in total. The molecule has 0 aliphatic carbocycles. The zero-order valence-corrected chi connectivity index (χ0v) is 8.41. The van der Waals surface area contributed by atoms with Gasteiger partial charge in [-0.3, -0.25) is 20.2 Å². The van der Waals surface area contributed by atoms with Gasteiger partial charge in [0.25, 0.3) is 5.91 Å². The molecule has 0 saturated heterocycles. The van der Waals surface area contributed by atoms with Gasteiger partial charge in [-0.1, -0.05) is 0 Å². The van der Waals surface area contributed by atoms with Crippen LogP contribution in [0.2, 0.25) is 0 Å². The largest absolute Gasteiger partial charge is 0.375 e. The van der Waals surface area contributed by atoms with Crippen molar-refractivity contribution < 1.29 is 4.79 Å². The minimum absolute atomic E-state index is 0.104. The Morgan fingerprint density at radius 3 is 2.64 bits per heavy atom. The third-order valence-corrected chi connectivity index (χ3v) is 1.82. The van der Waals surface area contributed by atoms with E-state index in [2.05, 4.69) is 22.6 Å². The van der Waals surface area contributed by atoms with Gasteiger partial charge in [0, 0.05) is 25.0 Å². The van der Waals surface area contributed by atoms with E-state index in [4.69, 9.17) is 5.73 Å². The molecule has 0 aliphatic heterocycles. The molecule has 0 aliphatic rings. The summed E-state index contributed by atoms with van der Waals surface area (Å²) in [4.78, 5) is 15.3. The zero-order chi connectivity index (χ0) is 10.6. The summed E-state index contributed by atoms with van der Waals surface area (Å²) in [6.45, 7) is 0. The molecule has 0 unspecified atom stereocenters. The molecule has 0 fully saturated rings. The molecule has 1 aromatic rings. The van der Waals surface area contributed by atoms with Crippen LogP contribution in [0.3, 0.4) is 0 Å². The molecule has 0 aromatic carbocycles. The Balaban J connectivity index is 2.64. The van der Waals surface area contributed by atoms with E-state index in [-0.39, 0.29) is 11.0 Å². The minimum atomic E-state index is -0.275. The standard InChI is InChI=1S/C8H10N4OS/c1-12(8(9)14)11-7(13)6-2-4-10-5-3-6/h2-5H,1H3,(H2,9,14)(H,11,13). The Morgan fingerprint density at radius 2 is 2.14 bits per heavy atom. The first kappa shape index (κ1) is 10.4. The van der Waals surface area contributed by atoms with Crippen LogP contribution in [0.4, 0.5) is 0 Å². The molecule has 0 spiro atoms. The molecule has 1 aromatic heterocycles. The molecular formula is C8H10N4OS. The molecule has 0 radical (unpaired) electrons. The van der Waals surface area contributed by atoms with Crippen LogP contribution < -0.4 is 11.2 Å². The number of nitrogens with one attached hydrogen (secondary N) is 1. The van der Waals surface area contributed by atoms with E-state index < -0.39 is 0 Å². The number of hydrogen-bond donors (Lipinski definition) is 2. The second-order valence-electron chi connectivity index (χ2n) is 2.57. The van der Waals surface area contributed by atoms with E-state index >= 15 is 0 Å². The SMILES string of the molecule is CN(NC(=O)c1ccncc1)C(N)=S. The quantitative estimate of drug-likeness (QED) is 0.500. The highest BCUT2D eigenvalue weighted by Crippen LogP contribution is 1.95. The summed E-state index contributed by atoms with van der Waals surface area (Å²) >= 11 is 4.66. The molecule has 74 valence electrons. The van der Waals surface area contributed by atoms with E-state index in [1.165, 1.54) is 17.4 Å². The lowest BCUT2D eigenvalue weighted by atomic mass is 10.3. The van der Waals surface area contributed by atoms with Gasteiger partial charge in [-0.25, -0.2) is 0 Å². The number of nitrogens with two attached hydrogens (primary N) is 1. The molecule has 0 saturated carbocycles. The summed E-state index contributed by atoms with van der Waals surface area (Å²) < 4.78 is 0. The number of rotatable bonds is 1. The fraction of sp³-hybridized carbons (Fsp3) is 0.125. The number of hydrazine groups is 1. The summed E-state index contributed by atoms with van der Waals surface area (Å²) in [6.07, 6.45) is 3.07. The zero-order valence-electron chi connectivity index (χ0n) is 7.60. The normalized spacial score (nSPS) is 9.21. The molecular weight excluding hydrogens is 200 g/mol. The number of carbonyl (C=O) groups excluding carboxylic acids is 1. The molecule has 1 rings (SSSR count). The first-order chi connectivity index (χ1) is 6.61. The maximum absolute atomic E-state index is 11.5. The van der Waals surface area contributed by atoms with Gasteiger partial charge in [-0.05, 0) is 24.4 Å². The summed E-state index contributed by atoms with van der Waals surface area (Å²) in [7, 11) is 1.57. The van der Waals surface area contributed by atoms with Crippen LogP contribution in [0.25, 0.3) is 0 Å². The Labute approximate surface area is 86.9 Å². The Morgan fingerprint density at radius 1 is 1.57 bits per heavy atom. The third kappa shape index (κ3) is 2.67. The van der Waals surface area contributed by atoms with Crippen LogP contribution in [0, 0.1) is 0 Å². The van der Waals surface area contributed by atoms with E-state index in [9.17, 15) is 4.79 Å². The molecule has 14 heavy (non-hydrogen) atoms. The van der Waals surface area contributed by atoms with E-state index in [0.29, 0.717) is 5.56 Å². The lowest BCUT2D eigenvalue weighted by Gasteiger charge is -2.17. The van der Waals surface area contributed by atoms with E-state index in [1.807, 2.05) is 0 Å². The van der Waals surface area contributed by atoms with Gasteiger partial charge in [0.2, 0.25) is 0 Å². The predicted molar refractivity (Wildman–Crippen MR) is 56.3 cm³/mol. The molecule has 0 bridgehead atoms. The smallest absolute Gasteiger partial charge is 0.269 e. The Hall–Kier alpha value is -1.69. The van der Waals surface area contributed by atoms with Crippen molar-refractivity contribution in [2.24, 2.45) is 5.73 Å². The topological polar surface area (TPSA) is 71.2 Å². The second kappa shape index (κ2) is 4.52. The second-order valence-corrected chi connectivity index (χ2v) is 2.99. The highest BCUT2D eigenvalue weighted by molar-refractivity contribution is 7.80. The van der Waals surface area contributed by atoms with Crippen LogP contribution in [-0.2, 0) is 0 Å². The lowest BCUT2D eigenvalue weighted by Crippen LogP contribution is -2.45. The maximum atomic E-state index is 11.5. The van der Waals surface area contributed by atoms with Crippen LogP contribution in [0.5, 0.6) is 0 Å². The summed E-state index contributed by atoms with van der Waals surface area (Å²) in [6, 6.07) is 3.20. The van der Waals surface area contributed by atoms with Crippen LogP contribution in [0.15, 0.2) is 24.5 Å². The first-order valence-corrected chi connectivity index (χ1v) is 4.26. The number of amides is 1. The van der Waals surface area contributed by atoms with Crippen molar-refractivity contribution in [3.63, 3.8) is 0 Å². The van der Waals surface area contributed by atoms with Crippen LogP contribution in [-0.4, -0.2) is 28.1 Å². The van der Waals surface area contributed by atoms with Gasteiger partial charge in [0.05, 0.1) is 0 Å². The lowest BCUT2D eigenvalue weighted by molar-refractivity contribution is 0.0887. The highest BCUT2D eigenvalue weighted by Gasteiger charge is 2.07. The van der Waals surface area contributed by atoms with Gasteiger partial charge in [-0.2, -0.15) is 0 Å². The minimum Gasteiger partial charge on any atom is -0.375 e. The van der Waals surface area contributed by atoms with Crippen LogP contribution >= 0.6 is 12.2 Å². The molecule has 0 atom stereocenters. The summed E-state index contributed by atoms with van der Waals surface area (Å²) in [5, 5.41) is 1.38.